The van der Waals surface area contributed by atoms with Gasteiger partial charge in [-0.3, -0.25) is 9.97 Å². The number of aromatic nitrogens is 2. The second-order valence-electron chi connectivity index (χ2n) is 3.40. The third-order valence-corrected chi connectivity index (χ3v) is 3.44. The highest BCUT2D eigenvalue weighted by Crippen LogP contribution is 2.17. The molecule has 1 aromatic heterocycles. The standard InChI is InChI=1S/C9H14N2O2S/c1-6-4-11-9(5-10-6)7(2)8(3)14(12)13/h4-5,7-8,14H,1-3H3/t7-,8-/m0/s1. The van der Waals surface area contributed by atoms with Gasteiger partial charge in [0, 0.05) is 18.3 Å². The summed E-state index contributed by atoms with van der Waals surface area (Å²) in [4.78, 5) is 8.23. The van der Waals surface area contributed by atoms with Crippen LogP contribution in [0.2, 0.25) is 0 Å². The first-order chi connectivity index (χ1) is 6.52. The van der Waals surface area contributed by atoms with E-state index in [4.69, 9.17) is 0 Å². The van der Waals surface area contributed by atoms with Gasteiger partial charge in [-0.05, 0) is 13.8 Å². The van der Waals surface area contributed by atoms with Crippen molar-refractivity contribution in [2.45, 2.75) is 31.9 Å². The molecule has 0 spiro atoms. The molecular formula is C9H14N2O2S. The number of aryl methyl sites for hydroxylation is 1. The quantitative estimate of drug-likeness (QED) is 0.759. The van der Waals surface area contributed by atoms with Crippen LogP contribution < -0.4 is 0 Å². The van der Waals surface area contributed by atoms with Gasteiger partial charge in [0.1, 0.15) is 10.7 Å². The summed E-state index contributed by atoms with van der Waals surface area (Å²) in [6.07, 6.45) is 3.28. The zero-order valence-electron chi connectivity index (χ0n) is 8.47. The van der Waals surface area contributed by atoms with E-state index >= 15 is 0 Å². The molecule has 0 N–H and O–H groups in total. The second kappa shape index (κ2) is 4.50. The summed E-state index contributed by atoms with van der Waals surface area (Å²) < 4.78 is 21.5. The highest BCUT2D eigenvalue weighted by molar-refractivity contribution is 7.73. The van der Waals surface area contributed by atoms with Crippen LogP contribution in [0.4, 0.5) is 0 Å². The average molecular weight is 214 g/mol. The van der Waals surface area contributed by atoms with Crippen LogP contribution in [0.3, 0.4) is 0 Å². The molecule has 0 aliphatic carbocycles. The normalized spacial score (nSPS) is 15.4. The van der Waals surface area contributed by atoms with Crippen LogP contribution in [0.15, 0.2) is 12.4 Å². The highest BCUT2D eigenvalue weighted by atomic mass is 32.2. The molecule has 1 rings (SSSR count). The molecule has 0 bridgehead atoms. The molecule has 1 heterocycles. The Balaban J connectivity index is 2.89. The van der Waals surface area contributed by atoms with Gasteiger partial charge in [-0.1, -0.05) is 6.92 Å². The van der Waals surface area contributed by atoms with Crippen molar-refractivity contribution in [1.29, 1.82) is 0 Å². The Morgan fingerprint density at radius 2 is 1.86 bits per heavy atom. The Labute approximate surface area is 85.4 Å². The van der Waals surface area contributed by atoms with Crippen molar-refractivity contribution < 1.29 is 8.42 Å². The lowest BCUT2D eigenvalue weighted by atomic mass is 10.1. The third kappa shape index (κ3) is 2.51. The lowest BCUT2D eigenvalue weighted by molar-refractivity contribution is 0.586. The summed E-state index contributed by atoms with van der Waals surface area (Å²) in [6, 6.07) is 0. The van der Waals surface area contributed by atoms with Gasteiger partial charge in [-0.25, -0.2) is 8.42 Å². The fourth-order valence-corrected chi connectivity index (χ4v) is 1.59. The zero-order chi connectivity index (χ0) is 10.7. The number of hydrogen-bond donors (Lipinski definition) is 1. The summed E-state index contributed by atoms with van der Waals surface area (Å²) in [5.74, 6) is -0.107. The summed E-state index contributed by atoms with van der Waals surface area (Å²) in [5, 5.41) is -0.401. The topological polar surface area (TPSA) is 59.9 Å². The molecule has 0 aromatic carbocycles. The molecule has 2 atom stereocenters. The molecule has 0 saturated heterocycles. The van der Waals surface area contributed by atoms with E-state index in [2.05, 4.69) is 9.97 Å². The van der Waals surface area contributed by atoms with E-state index in [9.17, 15) is 8.42 Å². The molecule has 1 aromatic rings. The number of nitrogens with zero attached hydrogens (tertiary/aromatic N) is 2. The molecule has 0 fully saturated rings. The maximum atomic E-state index is 10.8. The maximum Gasteiger partial charge on any atom is 0.143 e. The number of thiol groups is 1. The van der Waals surface area contributed by atoms with E-state index in [-0.39, 0.29) is 5.92 Å². The van der Waals surface area contributed by atoms with Crippen LogP contribution in [-0.2, 0) is 10.7 Å². The molecule has 14 heavy (non-hydrogen) atoms. The molecule has 0 amide bonds. The molecular weight excluding hydrogens is 200 g/mol. The average Bonchev–Trinajstić information content (AvgIpc) is 2.16. The minimum Gasteiger partial charge on any atom is -0.258 e. The van der Waals surface area contributed by atoms with Crippen molar-refractivity contribution in [3.63, 3.8) is 0 Å². The van der Waals surface area contributed by atoms with Crippen LogP contribution in [0.1, 0.15) is 31.2 Å². The molecule has 78 valence electrons. The number of rotatable bonds is 3. The monoisotopic (exact) mass is 214 g/mol. The first-order valence-corrected chi connectivity index (χ1v) is 5.69. The van der Waals surface area contributed by atoms with Crippen molar-refractivity contribution in [1.82, 2.24) is 9.97 Å². The first-order valence-electron chi connectivity index (χ1n) is 4.44. The van der Waals surface area contributed by atoms with Crippen LogP contribution >= 0.6 is 0 Å². The van der Waals surface area contributed by atoms with Crippen molar-refractivity contribution in [2.75, 3.05) is 0 Å². The Kier molecular flexibility index (Phi) is 3.57. The molecule has 0 radical (unpaired) electrons. The van der Waals surface area contributed by atoms with Crippen LogP contribution in [0.25, 0.3) is 0 Å². The van der Waals surface area contributed by atoms with Crippen molar-refractivity contribution in [2.24, 2.45) is 0 Å². The summed E-state index contributed by atoms with van der Waals surface area (Å²) in [7, 11) is -2.40. The van der Waals surface area contributed by atoms with Gasteiger partial charge < -0.3 is 0 Å². The van der Waals surface area contributed by atoms with Crippen LogP contribution in [-0.4, -0.2) is 23.6 Å². The molecule has 0 aliphatic heterocycles. The molecule has 0 unspecified atom stereocenters. The van der Waals surface area contributed by atoms with E-state index in [0.29, 0.717) is 0 Å². The van der Waals surface area contributed by atoms with Gasteiger partial charge in [0.25, 0.3) is 0 Å². The van der Waals surface area contributed by atoms with Crippen molar-refractivity contribution >= 4 is 10.7 Å². The number of hydrogen-bond acceptors (Lipinski definition) is 4. The van der Waals surface area contributed by atoms with E-state index in [0.717, 1.165) is 11.4 Å². The van der Waals surface area contributed by atoms with Crippen molar-refractivity contribution in [3.05, 3.63) is 23.8 Å². The Morgan fingerprint density at radius 3 is 2.29 bits per heavy atom. The zero-order valence-corrected chi connectivity index (χ0v) is 9.36. The van der Waals surface area contributed by atoms with Gasteiger partial charge in [-0.15, -0.1) is 0 Å². The molecule has 0 saturated carbocycles. The predicted octanol–water partition coefficient (Wildman–Crippen LogP) is 0.888. The van der Waals surface area contributed by atoms with Gasteiger partial charge in [0.2, 0.25) is 0 Å². The van der Waals surface area contributed by atoms with Crippen molar-refractivity contribution in [3.8, 4) is 0 Å². The Morgan fingerprint density at radius 1 is 1.21 bits per heavy atom. The Bertz CT molecular complexity index is 365. The van der Waals surface area contributed by atoms with E-state index in [1.807, 2.05) is 13.8 Å². The predicted molar refractivity (Wildman–Crippen MR) is 55.0 cm³/mol. The third-order valence-electron chi connectivity index (χ3n) is 2.32. The molecule has 0 aliphatic rings. The van der Waals surface area contributed by atoms with E-state index in [1.54, 1.807) is 19.3 Å². The summed E-state index contributed by atoms with van der Waals surface area (Å²) in [6.45, 7) is 5.37. The highest BCUT2D eigenvalue weighted by Gasteiger charge is 2.17. The Hall–Kier alpha value is -0.970. The fraction of sp³-hybridized carbons (Fsp3) is 0.556. The first kappa shape index (κ1) is 11.1. The minimum atomic E-state index is -2.40. The van der Waals surface area contributed by atoms with Gasteiger partial charge in [-0.2, -0.15) is 0 Å². The van der Waals surface area contributed by atoms with Crippen LogP contribution in [0, 0.1) is 6.92 Å². The van der Waals surface area contributed by atoms with Gasteiger partial charge in [0.15, 0.2) is 0 Å². The largest absolute Gasteiger partial charge is 0.258 e. The minimum absolute atomic E-state index is 0.107. The SMILES string of the molecule is Cc1cnc([C@@H](C)[C@H](C)[SH](=O)=O)cn1. The summed E-state index contributed by atoms with van der Waals surface area (Å²) in [5.41, 5.74) is 1.56. The smallest absolute Gasteiger partial charge is 0.143 e. The maximum absolute atomic E-state index is 10.8. The fourth-order valence-electron chi connectivity index (χ4n) is 1.07. The second-order valence-corrected chi connectivity index (χ2v) is 4.78. The van der Waals surface area contributed by atoms with Gasteiger partial charge in [0.05, 0.1) is 16.6 Å². The van der Waals surface area contributed by atoms with E-state index < -0.39 is 16.0 Å². The van der Waals surface area contributed by atoms with E-state index in [1.165, 1.54) is 0 Å². The lowest BCUT2D eigenvalue weighted by Gasteiger charge is -2.13. The molecule has 5 heteroatoms. The van der Waals surface area contributed by atoms with Crippen LogP contribution in [0.5, 0.6) is 0 Å². The molecule has 4 nitrogen and oxygen atoms in total. The van der Waals surface area contributed by atoms with Gasteiger partial charge >= 0.3 is 0 Å². The lowest BCUT2D eigenvalue weighted by Crippen LogP contribution is -2.15. The summed E-state index contributed by atoms with van der Waals surface area (Å²) >= 11 is 0.